The fourth-order valence-electron chi connectivity index (χ4n) is 2.72. The SMILES string of the molecule is Cc1nc(C(=O)Nc2ccnc3cc(-c4ccccc4C(F)(F)F)nn23)cs1. The topological polar surface area (TPSA) is 72.2 Å². The Balaban J connectivity index is 1.75. The van der Waals surface area contributed by atoms with Crippen LogP contribution in [0.2, 0.25) is 0 Å². The van der Waals surface area contributed by atoms with Crippen LogP contribution in [-0.4, -0.2) is 25.5 Å². The van der Waals surface area contributed by atoms with Crippen LogP contribution in [0.5, 0.6) is 0 Å². The monoisotopic (exact) mass is 403 g/mol. The van der Waals surface area contributed by atoms with Crippen molar-refractivity contribution in [1.82, 2.24) is 19.6 Å². The van der Waals surface area contributed by atoms with E-state index in [0.29, 0.717) is 5.65 Å². The van der Waals surface area contributed by atoms with Gasteiger partial charge in [0.05, 0.1) is 16.3 Å². The predicted octanol–water partition coefficient (Wildman–Crippen LogP) is 4.43. The van der Waals surface area contributed by atoms with Crippen molar-refractivity contribution < 1.29 is 18.0 Å². The normalized spacial score (nSPS) is 11.7. The largest absolute Gasteiger partial charge is 0.417 e. The Kier molecular flexibility index (Phi) is 4.34. The van der Waals surface area contributed by atoms with Crippen LogP contribution in [-0.2, 0) is 6.18 Å². The highest BCUT2D eigenvalue weighted by Gasteiger charge is 2.34. The first-order valence-electron chi connectivity index (χ1n) is 8.08. The second-order valence-electron chi connectivity index (χ2n) is 5.88. The fourth-order valence-corrected chi connectivity index (χ4v) is 3.32. The number of anilines is 1. The molecule has 10 heteroatoms. The summed E-state index contributed by atoms with van der Waals surface area (Å²) < 4.78 is 41.2. The third-order valence-electron chi connectivity index (χ3n) is 3.96. The third kappa shape index (κ3) is 3.33. The van der Waals surface area contributed by atoms with Gasteiger partial charge in [-0.3, -0.25) is 4.79 Å². The Bertz CT molecular complexity index is 1180. The van der Waals surface area contributed by atoms with E-state index < -0.39 is 17.6 Å². The van der Waals surface area contributed by atoms with E-state index in [1.54, 1.807) is 12.3 Å². The van der Waals surface area contributed by atoms with Gasteiger partial charge >= 0.3 is 6.18 Å². The smallest absolute Gasteiger partial charge is 0.305 e. The zero-order valence-electron chi connectivity index (χ0n) is 14.4. The van der Waals surface area contributed by atoms with E-state index in [4.69, 9.17) is 0 Å². The van der Waals surface area contributed by atoms with Gasteiger partial charge in [-0.15, -0.1) is 11.3 Å². The standard InChI is InChI=1S/C18H12F3N5OS/c1-10-23-14(9-28-10)17(27)24-15-6-7-22-16-8-13(25-26(15)16)11-4-2-3-5-12(11)18(19,20)21/h2-9H,1H3,(H,24,27). The van der Waals surface area contributed by atoms with Crippen molar-refractivity contribution in [2.45, 2.75) is 13.1 Å². The molecule has 4 rings (SSSR count). The number of carbonyl (C=O) groups is 1. The number of hydrogen-bond acceptors (Lipinski definition) is 5. The summed E-state index contributed by atoms with van der Waals surface area (Å²) in [5, 5.41) is 9.27. The first-order chi connectivity index (χ1) is 13.3. The second-order valence-corrected chi connectivity index (χ2v) is 6.94. The molecule has 0 fully saturated rings. The molecule has 0 atom stereocenters. The zero-order valence-corrected chi connectivity index (χ0v) is 15.2. The molecule has 0 bridgehead atoms. The number of benzene rings is 1. The Morgan fingerprint density at radius 3 is 2.71 bits per heavy atom. The highest BCUT2D eigenvalue weighted by Crippen LogP contribution is 2.36. The number of aryl methyl sites for hydroxylation is 1. The lowest BCUT2D eigenvalue weighted by atomic mass is 10.0. The fraction of sp³-hybridized carbons (Fsp3) is 0.111. The van der Waals surface area contributed by atoms with Crippen molar-refractivity contribution in [2.75, 3.05) is 5.32 Å². The van der Waals surface area contributed by atoms with Crippen molar-refractivity contribution >= 4 is 28.7 Å². The average Bonchev–Trinajstić information content (AvgIpc) is 3.28. The minimum absolute atomic E-state index is 0.0621. The Morgan fingerprint density at radius 1 is 1.21 bits per heavy atom. The number of rotatable bonds is 3. The maximum absolute atomic E-state index is 13.3. The molecule has 3 aromatic heterocycles. The van der Waals surface area contributed by atoms with Gasteiger partial charge in [-0.05, 0) is 19.1 Å². The molecule has 0 unspecified atom stereocenters. The molecule has 28 heavy (non-hydrogen) atoms. The number of amides is 1. The van der Waals surface area contributed by atoms with Crippen LogP contribution >= 0.6 is 11.3 Å². The van der Waals surface area contributed by atoms with E-state index in [-0.39, 0.29) is 22.8 Å². The van der Waals surface area contributed by atoms with E-state index >= 15 is 0 Å². The van der Waals surface area contributed by atoms with Gasteiger partial charge < -0.3 is 5.32 Å². The van der Waals surface area contributed by atoms with Crippen molar-refractivity contribution in [3.8, 4) is 11.3 Å². The number of nitrogens with one attached hydrogen (secondary N) is 1. The highest BCUT2D eigenvalue weighted by atomic mass is 32.1. The van der Waals surface area contributed by atoms with E-state index in [1.807, 2.05) is 0 Å². The molecule has 0 spiro atoms. The molecule has 0 aliphatic carbocycles. The maximum Gasteiger partial charge on any atom is 0.417 e. The van der Waals surface area contributed by atoms with Crippen LogP contribution in [0.15, 0.2) is 48.0 Å². The lowest BCUT2D eigenvalue weighted by Gasteiger charge is -2.10. The van der Waals surface area contributed by atoms with Gasteiger partial charge in [0.1, 0.15) is 11.5 Å². The summed E-state index contributed by atoms with van der Waals surface area (Å²) >= 11 is 1.34. The zero-order chi connectivity index (χ0) is 19.9. The summed E-state index contributed by atoms with van der Waals surface area (Å²) in [5.41, 5.74) is -0.192. The number of alkyl halides is 3. The van der Waals surface area contributed by atoms with Crippen LogP contribution in [0.3, 0.4) is 0 Å². The van der Waals surface area contributed by atoms with Crippen molar-refractivity contribution in [2.24, 2.45) is 0 Å². The molecule has 0 saturated heterocycles. The first-order valence-corrected chi connectivity index (χ1v) is 8.96. The Labute approximate surface area is 160 Å². The molecular formula is C18H12F3N5OS. The van der Waals surface area contributed by atoms with Gasteiger partial charge in [0.15, 0.2) is 5.65 Å². The summed E-state index contributed by atoms with van der Waals surface area (Å²) in [4.78, 5) is 20.6. The van der Waals surface area contributed by atoms with E-state index in [9.17, 15) is 18.0 Å². The molecule has 0 aliphatic rings. The summed E-state index contributed by atoms with van der Waals surface area (Å²) in [5.74, 6) is -0.166. The van der Waals surface area contributed by atoms with Crippen molar-refractivity contribution in [3.05, 3.63) is 64.2 Å². The number of halogens is 3. The Morgan fingerprint density at radius 2 is 2.00 bits per heavy atom. The maximum atomic E-state index is 13.3. The number of fused-ring (bicyclic) bond motifs is 1. The van der Waals surface area contributed by atoms with Crippen LogP contribution in [0.1, 0.15) is 21.1 Å². The Hall–Kier alpha value is -3.27. The average molecular weight is 403 g/mol. The molecule has 3 heterocycles. The highest BCUT2D eigenvalue weighted by molar-refractivity contribution is 7.09. The molecule has 1 aromatic carbocycles. The van der Waals surface area contributed by atoms with E-state index in [0.717, 1.165) is 11.1 Å². The minimum atomic E-state index is -4.51. The van der Waals surface area contributed by atoms with Crippen molar-refractivity contribution in [1.29, 1.82) is 0 Å². The van der Waals surface area contributed by atoms with Crippen LogP contribution in [0.25, 0.3) is 16.9 Å². The summed E-state index contributed by atoms with van der Waals surface area (Å²) in [6.45, 7) is 1.78. The number of hydrogen-bond donors (Lipinski definition) is 1. The molecular weight excluding hydrogens is 391 g/mol. The quantitative estimate of drug-likeness (QED) is 0.549. The van der Waals surface area contributed by atoms with Gasteiger partial charge in [-0.25, -0.2) is 9.97 Å². The third-order valence-corrected chi connectivity index (χ3v) is 4.73. The molecule has 6 nitrogen and oxygen atoms in total. The van der Waals surface area contributed by atoms with Crippen LogP contribution in [0, 0.1) is 6.92 Å². The van der Waals surface area contributed by atoms with E-state index in [2.05, 4.69) is 20.4 Å². The molecule has 0 aliphatic heterocycles. The first kappa shape index (κ1) is 18.1. The van der Waals surface area contributed by atoms with Gasteiger partial charge in [0, 0.05) is 23.2 Å². The van der Waals surface area contributed by atoms with Gasteiger partial charge in [-0.1, -0.05) is 18.2 Å². The lowest BCUT2D eigenvalue weighted by Crippen LogP contribution is -2.15. The number of aromatic nitrogens is 4. The summed E-state index contributed by atoms with van der Waals surface area (Å²) in [7, 11) is 0. The van der Waals surface area contributed by atoms with Gasteiger partial charge in [-0.2, -0.15) is 22.8 Å². The summed E-state index contributed by atoms with van der Waals surface area (Å²) in [6.07, 6.45) is -3.07. The molecule has 4 aromatic rings. The minimum Gasteiger partial charge on any atom is -0.305 e. The van der Waals surface area contributed by atoms with Gasteiger partial charge in [0.25, 0.3) is 5.91 Å². The lowest BCUT2D eigenvalue weighted by molar-refractivity contribution is -0.137. The predicted molar refractivity (Wildman–Crippen MR) is 98.2 cm³/mol. The van der Waals surface area contributed by atoms with Gasteiger partial charge in [0.2, 0.25) is 0 Å². The number of nitrogens with zero attached hydrogens (tertiary/aromatic N) is 4. The summed E-state index contributed by atoms with van der Waals surface area (Å²) in [6, 6.07) is 8.13. The second kappa shape index (κ2) is 6.71. The van der Waals surface area contributed by atoms with Crippen LogP contribution < -0.4 is 5.32 Å². The van der Waals surface area contributed by atoms with Crippen LogP contribution in [0.4, 0.5) is 19.0 Å². The molecule has 142 valence electrons. The molecule has 0 radical (unpaired) electrons. The van der Waals surface area contributed by atoms with Crippen molar-refractivity contribution in [3.63, 3.8) is 0 Å². The number of carbonyl (C=O) groups excluding carboxylic acids is 1. The van der Waals surface area contributed by atoms with E-state index in [1.165, 1.54) is 52.4 Å². The molecule has 1 N–H and O–H groups in total. The molecule has 1 amide bonds. The number of thiazole rings is 1. The molecule has 0 saturated carbocycles.